The average Bonchev–Trinajstić information content (AvgIpc) is 3.51. The molecule has 12 heteroatoms. The Morgan fingerprint density at radius 3 is 2.59 bits per heavy atom. The van der Waals surface area contributed by atoms with Crippen molar-refractivity contribution in [2.24, 2.45) is 0 Å². The first kappa shape index (κ1) is 29.1. The molecule has 214 valence electrons. The van der Waals surface area contributed by atoms with Gasteiger partial charge in [-0.1, -0.05) is 0 Å². The molecule has 3 aromatic heterocycles. The third-order valence-electron chi connectivity index (χ3n) is 6.88. The molecule has 2 aromatic carbocycles. The van der Waals surface area contributed by atoms with E-state index in [9.17, 15) is 9.18 Å². The SMILES string of the molecule is CCn1cc(-c2nc(Nc3ccc(N(C)CCN(C)C)c(NC(C)=O)c3)nc3c2ccn3SI)c2cc(F)ccc21. The molecule has 0 saturated carbocycles. The number of hydrogen-bond donors (Lipinski definition) is 2. The van der Waals surface area contributed by atoms with Crippen molar-refractivity contribution in [2.45, 2.75) is 20.4 Å². The van der Waals surface area contributed by atoms with Crippen LogP contribution in [0.1, 0.15) is 13.8 Å². The van der Waals surface area contributed by atoms with Crippen molar-refractivity contribution in [2.75, 3.05) is 49.8 Å². The van der Waals surface area contributed by atoms with Crippen molar-refractivity contribution in [3.63, 3.8) is 0 Å². The minimum absolute atomic E-state index is 0.152. The number of nitrogens with zero attached hydrogens (tertiary/aromatic N) is 6. The molecule has 0 fully saturated rings. The van der Waals surface area contributed by atoms with Gasteiger partial charge < -0.3 is 25.0 Å². The van der Waals surface area contributed by atoms with Crippen molar-refractivity contribution >= 4 is 81.2 Å². The van der Waals surface area contributed by atoms with Gasteiger partial charge in [0.25, 0.3) is 0 Å². The lowest BCUT2D eigenvalue weighted by atomic mass is 10.1. The van der Waals surface area contributed by atoms with Crippen LogP contribution in [0.2, 0.25) is 0 Å². The molecule has 41 heavy (non-hydrogen) atoms. The van der Waals surface area contributed by atoms with E-state index in [1.54, 1.807) is 6.07 Å². The van der Waals surface area contributed by atoms with Crippen molar-refractivity contribution in [3.8, 4) is 11.3 Å². The van der Waals surface area contributed by atoms with Crippen molar-refractivity contribution in [1.82, 2.24) is 23.4 Å². The summed E-state index contributed by atoms with van der Waals surface area (Å²) in [4.78, 5) is 26.1. The molecular weight excluding hydrogens is 654 g/mol. The Morgan fingerprint density at radius 1 is 1.07 bits per heavy atom. The zero-order valence-corrected chi connectivity index (χ0v) is 26.5. The molecule has 0 bridgehead atoms. The van der Waals surface area contributed by atoms with Crippen molar-refractivity contribution < 1.29 is 9.18 Å². The standard InChI is InChI=1S/C29H32FIN8OS/c1-6-38-17-23(22-15-19(30)7-9-25(22)38)27-21-11-12-39(41-31)28(21)35-29(34-27)33-20-8-10-26(24(16-20)32-18(2)40)37(5)14-13-36(3)4/h7-12,15-17H,6,13-14H2,1-5H3,(H,32,40)(H,33,34,35). The molecule has 0 atom stereocenters. The lowest BCUT2D eigenvalue weighted by Gasteiger charge is -2.24. The molecule has 3 heterocycles. The Labute approximate surface area is 254 Å². The van der Waals surface area contributed by atoms with Gasteiger partial charge in [0.2, 0.25) is 11.9 Å². The number of rotatable bonds is 10. The summed E-state index contributed by atoms with van der Waals surface area (Å²) in [5.41, 5.74) is 5.57. The Morgan fingerprint density at radius 2 is 1.88 bits per heavy atom. The third kappa shape index (κ3) is 6.14. The van der Waals surface area contributed by atoms with Crippen molar-refractivity contribution in [1.29, 1.82) is 0 Å². The van der Waals surface area contributed by atoms with Gasteiger partial charge in [0.05, 0.1) is 17.1 Å². The normalized spacial score (nSPS) is 11.5. The molecule has 0 unspecified atom stereocenters. The first-order valence-corrected chi connectivity index (χ1v) is 16.5. The summed E-state index contributed by atoms with van der Waals surface area (Å²) in [5, 5.41) is 7.98. The lowest BCUT2D eigenvalue weighted by molar-refractivity contribution is -0.114. The van der Waals surface area contributed by atoms with Gasteiger partial charge in [-0.05, 0) is 63.5 Å². The number of fused-ring (bicyclic) bond motifs is 2. The summed E-state index contributed by atoms with van der Waals surface area (Å²) in [6.45, 7) is 5.98. The quantitative estimate of drug-likeness (QED) is 0.157. The molecule has 2 N–H and O–H groups in total. The van der Waals surface area contributed by atoms with E-state index >= 15 is 0 Å². The zero-order chi connectivity index (χ0) is 29.3. The predicted molar refractivity (Wildman–Crippen MR) is 177 cm³/mol. The highest BCUT2D eigenvalue weighted by molar-refractivity contribution is 14.2. The van der Waals surface area contributed by atoms with E-state index in [4.69, 9.17) is 9.97 Å². The van der Waals surface area contributed by atoms with E-state index in [2.05, 4.69) is 53.1 Å². The minimum atomic E-state index is -0.294. The fourth-order valence-electron chi connectivity index (χ4n) is 4.86. The van der Waals surface area contributed by atoms with Crippen LogP contribution in [0.5, 0.6) is 0 Å². The predicted octanol–water partition coefficient (Wildman–Crippen LogP) is 6.76. The summed E-state index contributed by atoms with van der Waals surface area (Å²) < 4.78 is 18.5. The summed E-state index contributed by atoms with van der Waals surface area (Å²) in [5.74, 6) is -0.0484. The summed E-state index contributed by atoms with van der Waals surface area (Å²) in [6.07, 6.45) is 3.98. The van der Waals surface area contributed by atoms with Crippen LogP contribution in [0.15, 0.2) is 54.9 Å². The summed E-state index contributed by atoms with van der Waals surface area (Å²) in [7, 11) is 7.58. The molecule has 9 nitrogen and oxygen atoms in total. The van der Waals surface area contributed by atoms with Gasteiger partial charge in [0.1, 0.15) is 5.82 Å². The maximum absolute atomic E-state index is 14.4. The highest BCUT2D eigenvalue weighted by Crippen LogP contribution is 2.37. The van der Waals surface area contributed by atoms with E-state index in [-0.39, 0.29) is 11.7 Å². The van der Waals surface area contributed by atoms with E-state index in [1.165, 1.54) is 22.1 Å². The topological polar surface area (TPSA) is 83.2 Å². The van der Waals surface area contributed by atoms with Crippen LogP contribution in [-0.2, 0) is 11.3 Å². The highest BCUT2D eigenvalue weighted by atomic mass is 127. The van der Waals surface area contributed by atoms with Crippen LogP contribution >= 0.6 is 30.3 Å². The van der Waals surface area contributed by atoms with Crippen LogP contribution in [0.3, 0.4) is 0 Å². The number of halogens is 2. The second-order valence-corrected chi connectivity index (χ2v) is 11.8. The summed E-state index contributed by atoms with van der Waals surface area (Å²) in [6, 6.07) is 12.7. The largest absolute Gasteiger partial charge is 0.372 e. The zero-order valence-electron chi connectivity index (χ0n) is 23.6. The molecule has 0 radical (unpaired) electrons. The van der Waals surface area contributed by atoms with Gasteiger partial charge >= 0.3 is 0 Å². The number of carbonyl (C=O) groups excluding carboxylic acids is 1. The van der Waals surface area contributed by atoms with Crippen LogP contribution in [0, 0.1) is 5.82 Å². The van der Waals surface area contributed by atoms with Crippen LogP contribution in [-0.4, -0.2) is 63.5 Å². The highest BCUT2D eigenvalue weighted by Gasteiger charge is 2.19. The Balaban J connectivity index is 1.60. The molecule has 0 aliphatic heterocycles. The Bertz CT molecular complexity index is 1730. The molecule has 0 saturated heterocycles. The van der Waals surface area contributed by atoms with E-state index in [0.717, 1.165) is 58.5 Å². The van der Waals surface area contributed by atoms with Crippen molar-refractivity contribution in [3.05, 3.63) is 60.7 Å². The Hall–Kier alpha value is -3.36. The van der Waals surface area contributed by atoms with Gasteiger partial charge in [0.15, 0.2) is 5.65 Å². The average molecular weight is 687 g/mol. The van der Waals surface area contributed by atoms with Gasteiger partial charge in [-0.3, -0.25) is 8.77 Å². The number of benzene rings is 2. The maximum atomic E-state index is 14.4. The second-order valence-electron chi connectivity index (χ2n) is 10.1. The van der Waals surface area contributed by atoms with Gasteiger partial charge in [-0.15, -0.1) is 0 Å². The van der Waals surface area contributed by atoms with Crippen LogP contribution in [0.4, 0.5) is 27.4 Å². The molecule has 1 amide bonds. The number of amides is 1. The van der Waals surface area contributed by atoms with Crippen LogP contribution in [0.25, 0.3) is 33.2 Å². The minimum Gasteiger partial charge on any atom is -0.372 e. The van der Waals surface area contributed by atoms with Gasteiger partial charge in [0, 0.05) is 104 Å². The molecule has 0 aliphatic carbocycles. The van der Waals surface area contributed by atoms with Crippen LogP contribution < -0.4 is 15.5 Å². The molecular formula is C29H32FIN8OS. The summed E-state index contributed by atoms with van der Waals surface area (Å²) >= 11 is 2.22. The van der Waals surface area contributed by atoms with E-state index in [1.807, 2.05) is 67.8 Å². The Kier molecular flexibility index (Phi) is 8.71. The lowest BCUT2D eigenvalue weighted by Crippen LogP contribution is -2.29. The number of aryl methyl sites for hydroxylation is 1. The first-order valence-electron chi connectivity index (χ1n) is 13.2. The second kappa shape index (κ2) is 12.2. The third-order valence-corrected chi connectivity index (χ3v) is 8.60. The monoisotopic (exact) mass is 686 g/mol. The number of anilines is 4. The van der Waals surface area contributed by atoms with Gasteiger partial charge in [-0.2, -0.15) is 4.98 Å². The molecule has 5 rings (SSSR count). The van der Waals surface area contributed by atoms with Gasteiger partial charge in [-0.25, -0.2) is 9.37 Å². The molecule has 0 aliphatic rings. The molecule has 5 aromatic rings. The first-order chi connectivity index (χ1) is 19.7. The smallest absolute Gasteiger partial charge is 0.229 e. The maximum Gasteiger partial charge on any atom is 0.229 e. The molecule has 0 spiro atoms. The number of nitrogens with one attached hydrogen (secondary N) is 2. The van der Waals surface area contributed by atoms with E-state index in [0.29, 0.717) is 17.3 Å². The number of likely N-dealkylation sites (N-methyl/N-ethyl adjacent to an activating group) is 2. The number of hydrogen-bond acceptors (Lipinski definition) is 7. The number of carbonyl (C=O) groups is 1. The number of aromatic nitrogens is 4. The fraction of sp³-hybridized carbons (Fsp3) is 0.276. The fourth-order valence-corrected chi connectivity index (χ4v) is 6.13. The van der Waals surface area contributed by atoms with E-state index < -0.39 is 0 Å².